The monoisotopic (exact) mass is 436 g/mol. The predicted octanol–water partition coefficient (Wildman–Crippen LogP) is 3.97. The van der Waals surface area contributed by atoms with E-state index < -0.39 is 12.6 Å². The molecule has 3 rings (SSSR count). The number of benzene rings is 1. The largest absolute Gasteiger partial charge is 0.493 e. The molecule has 0 amide bonds. The van der Waals surface area contributed by atoms with Crippen LogP contribution in [0.3, 0.4) is 0 Å². The molecule has 3 aromatic rings. The van der Waals surface area contributed by atoms with Crippen LogP contribution in [-0.2, 0) is 16.1 Å². The van der Waals surface area contributed by atoms with Crippen LogP contribution < -0.4 is 15.0 Å². The Morgan fingerprint density at radius 3 is 2.77 bits per heavy atom. The number of nitrogens with zero attached hydrogens (tertiary/aromatic N) is 1. The number of methoxy groups -OCH3 is 1. The van der Waals surface area contributed by atoms with E-state index in [2.05, 4.69) is 14.7 Å². The number of aromatic nitrogens is 2. The molecule has 0 aliphatic rings. The highest BCUT2D eigenvalue weighted by Crippen LogP contribution is 2.30. The molecule has 0 spiro atoms. The van der Waals surface area contributed by atoms with Gasteiger partial charge in [0.1, 0.15) is 17.3 Å². The first-order chi connectivity index (χ1) is 14.3. The Labute approximate surface area is 173 Å². The lowest BCUT2D eigenvalue weighted by molar-refractivity contribution is -0.139. The number of alkyl halides is 2. The number of ether oxygens (including phenoxy) is 3. The van der Waals surface area contributed by atoms with Crippen molar-refractivity contribution in [2.75, 3.05) is 7.11 Å². The first-order valence-electron chi connectivity index (χ1n) is 8.75. The summed E-state index contributed by atoms with van der Waals surface area (Å²) in [7, 11) is 1.32. The number of hydrogen-bond acceptors (Lipinski definition) is 7. The SMILES string of the molecule is COc1cc(/C=C/C(=O)OCc2nc3sc(C)c(C)c3c(=O)[nH]2)ccc1OC(F)F. The molecule has 30 heavy (non-hydrogen) atoms. The zero-order valence-corrected chi connectivity index (χ0v) is 17.1. The van der Waals surface area contributed by atoms with Gasteiger partial charge in [0.2, 0.25) is 0 Å². The molecule has 10 heteroatoms. The maximum Gasteiger partial charge on any atom is 0.387 e. The highest BCUT2D eigenvalue weighted by molar-refractivity contribution is 7.18. The van der Waals surface area contributed by atoms with Crippen LogP contribution >= 0.6 is 11.3 Å². The number of carbonyl (C=O) groups is 1. The number of rotatable bonds is 7. The molecular weight excluding hydrogens is 418 g/mol. The van der Waals surface area contributed by atoms with Crippen molar-refractivity contribution < 1.29 is 27.8 Å². The number of fused-ring (bicyclic) bond motifs is 1. The van der Waals surface area contributed by atoms with Crippen molar-refractivity contribution in [2.24, 2.45) is 0 Å². The summed E-state index contributed by atoms with van der Waals surface area (Å²) in [5.41, 5.74) is 1.13. The van der Waals surface area contributed by atoms with E-state index in [0.717, 1.165) is 10.4 Å². The quantitative estimate of drug-likeness (QED) is 0.445. The minimum Gasteiger partial charge on any atom is -0.493 e. The molecule has 7 nitrogen and oxygen atoms in total. The summed E-state index contributed by atoms with van der Waals surface area (Å²) in [5.74, 6) is -0.437. The second-order valence-corrected chi connectivity index (χ2v) is 7.41. The Hall–Kier alpha value is -3.27. The Morgan fingerprint density at radius 1 is 1.30 bits per heavy atom. The third kappa shape index (κ3) is 4.82. The molecule has 0 saturated carbocycles. The van der Waals surface area contributed by atoms with E-state index in [1.54, 1.807) is 0 Å². The molecule has 1 N–H and O–H groups in total. The van der Waals surface area contributed by atoms with Gasteiger partial charge < -0.3 is 19.2 Å². The average molecular weight is 436 g/mol. The molecule has 0 radical (unpaired) electrons. The van der Waals surface area contributed by atoms with Crippen molar-refractivity contribution >= 4 is 33.6 Å². The molecule has 0 bridgehead atoms. The average Bonchev–Trinajstić information content (AvgIpc) is 2.99. The number of H-pyrrole nitrogens is 1. The second-order valence-electron chi connectivity index (χ2n) is 6.21. The van der Waals surface area contributed by atoms with Gasteiger partial charge in [0.25, 0.3) is 5.56 Å². The molecule has 2 heterocycles. The van der Waals surface area contributed by atoms with E-state index in [1.165, 1.54) is 48.8 Å². The fraction of sp³-hybridized carbons (Fsp3) is 0.250. The summed E-state index contributed by atoms with van der Waals surface area (Å²) in [4.78, 5) is 32.8. The van der Waals surface area contributed by atoms with Gasteiger partial charge in [-0.05, 0) is 43.2 Å². The molecule has 0 aliphatic heterocycles. The van der Waals surface area contributed by atoms with Crippen molar-refractivity contribution in [3.05, 3.63) is 56.5 Å². The summed E-state index contributed by atoms with van der Waals surface area (Å²) in [6.45, 7) is 0.592. The number of carbonyl (C=O) groups excluding carboxylic acids is 1. The van der Waals surface area contributed by atoms with Gasteiger partial charge in [-0.25, -0.2) is 9.78 Å². The van der Waals surface area contributed by atoms with E-state index in [0.29, 0.717) is 15.8 Å². The topological polar surface area (TPSA) is 90.5 Å². The molecule has 0 fully saturated rings. The third-order valence-corrected chi connectivity index (χ3v) is 5.36. The Balaban J connectivity index is 1.66. The first-order valence-corrected chi connectivity index (χ1v) is 9.56. The van der Waals surface area contributed by atoms with Crippen molar-refractivity contribution in [2.45, 2.75) is 27.1 Å². The van der Waals surface area contributed by atoms with Crippen molar-refractivity contribution in [1.29, 1.82) is 0 Å². The van der Waals surface area contributed by atoms with Gasteiger partial charge in [0.05, 0.1) is 12.5 Å². The number of thiophene rings is 1. The van der Waals surface area contributed by atoms with E-state index in [4.69, 9.17) is 9.47 Å². The van der Waals surface area contributed by atoms with Gasteiger partial charge >= 0.3 is 12.6 Å². The number of nitrogens with one attached hydrogen (secondary N) is 1. The standard InChI is InChI=1S/C20H18F2N2O5S/c1-10-11(2)30-19-17(10)18(26)23-15(24-19)9-28-16(25)7-5-12-4-6-13(29-20(21)22)14(8-12)27-3/h4-8,20H,9H2,1-3H3,(H,23,24,26)/b7-5+. The summed E-state index contributed by atoms with van der Waals surface area (Å²) >= 11 is 1.40. The van der Waals surface area contributed by atoms with Gasteiger partial charge in [0.15, 0.2) is 11.5 Å². The Morgan fingerprint density at radius 2 is 2.07 bits per heavy atom. The predicted molar refractivity (Wildman–Crippen MR) is 108 cm³/mol. The van der Waals surface area contributed by atoms with Gasteiger partial charge in [-0.2, -0.15) is 8.78 Å². The summed E-state index contributed by atoms with van der Waals surface area (Å²) in [6.07, 6.45) is 2.60. The smallest absolute Gasteiger partial charge is 0.387 e. The number of aryl methyl sites for hydroxylation is 2. The molecule has 0 unspecified atom stereocenters. The second kappa shape index (κ2) is 9.04. The van der Waals surface area contributed by atoms with Crippen molar-refractivity contribution in [3.8, 4) is 11.5 Å². The number of halogens is 2. The number of aromatic amines is 1. The zero-order valence-electron chi connectivity index (χ0n) is 16.3. The van der Waals surface area contributed by atoms with Gasteiger partial charge in [-0.15, -0.1) is 11.3 Å². The molecule has 0 saturated heterocycles. The molecule has 2 aromatic heterocycles. The van der Waals surface area contributed by atoms with Crippen molar-refractivity contribution in [1.82, 2.24) is 9.97 Å². The Kier molecular flexibility index (Phi) is 6.46. The normalized spacial score (nSPS) is 11.4. The van der Waals surface area contributed by atoms with Crippen LogP contribution in [0.4, 0.5) is 8.78 Å². The van der Waals surface area contributed by atoms with Gasteiger partial charge in [0, 0.05) is 11.0 Å². The van der Waals surface area contributed by atoms with E-state index >= 15 is 0 Å². The fourth-order valence-corrected chi connectivity index (χ4v) is 3.75. The summed E-state index contributed by atoms with van der Waals surface area (Å²) < 4.78 is 39.2. The zero-order chi connectivity index (χ0) is 21.8. The number of esters is 1. The van der Waals surface area contributed by atoms with E-state index in [9.17, 15) is 18.4 Å². The summed E-state index contributed by atoms with van der Waals surface area (Å²) in [5, 5.41) is 0.542. The lowest BCUT2D eigenvalue weighted by Crippen LogP contribution is -2.13. The van der Waals surface area contributed by atoms with Gasteiger partial charge in [-0.1, -0.05) is 6.07 Å². The van der Waals surface area contributed by atoms with Crippen LogP contribution in [0.2, 0.25) is 0 Å². The van der Waals surface area contributed by atoms with Crippen LogP contribution in [0, 0.1) is 13.8 Å². The lowest BCUT2D eigenvalue weighted by atomic mass is 10.2. The highest BCUT2D eigenvalue weighted by Gasteiger charge is 2.13. The number of hydrogen-bond donors (Lipinski definition) is 1. The van der Waals surface area contributed by atoms with Crippen LogP contribution in [0.15, 0.2) is 29.1 Å². The van der Waals surface area contributed by atoms with Crippen molar-refractivity contribution in [3.63, 3.8) is 0 Å². The van der Waals surface area contributed by atoms with Crippen LogP contribution in [0.5, 0.6) is 11.5 Å². The highest BCUT2D eigenvalue weighted by atomic mass is 32.1. The third-order valence-electron chi connectivity index (χ3n) is 4.25. The molecular formula is C20H18F2N2O5S. The van der Waals surface area contributed by atoms with Crippen LogP contribution in [0.25, 0.3) is 16.3 Å². The fourth-order valence-electron chi connectivity index (χ4n) is 2.70. The van der Waals surface area contributed by atoms with Gasteiger partial charge in [-0.3, -0.25) is 4.79 Å². The Bertz CT molecular complexity index is 1170. The lowest BCUT2D eigenvalue weighted by Gasteiger charge is -2.10. The van der Waals surface area contributed by atoms with Crippen LogP contribution in [-0.4, -0.2) is 29.7 Å². The molecule has 158 valence electrons. The molecule has 0 atom stereocenters. The first kappa shape index (κ1) is 21.4. The minimum atomic E-state index is -2.98. The molecule has 1 aromatic carbocycles. The van der Waals surface area contributed by atoms with E-state index in [1.807, 2.05) is 13.8 Å². The summed E-state index contributed by atoms with van der Waals surface area (Å²) in [6, 6.07) is 4.24. The molecule has 0 aliphatic carbocycles. The van der Waals surface area contributed by atoms with E-state index in [-0.39, 0.29) is 29.5 Å². The maximum atomic E-state index is 12.4. The minimum absolute atomic E-state index is 0.0995. The maximum absolute atomic E-state index is 12.4. The van der Waals surface area contributed by atoms with Crippen LogP contribution in [0.1, 0.15) is 21.8 Å².